The summed E-state index contributed by atoms with van der Waals surface area (Å²) in [5.41, 5.74) is 7.40. The van der Waals surface area contributed by atoms with E-state index in [-0.39, 0.29) is 0 Å². The van der Waals surface area contributed by atoms with Gasteiger partial charge in [0.05, 0.1) is 0 Å². The minimum atomic E-state index is 1.20. The monoisotopic (exact) mass is 461 g/mol. The molecule has 6 aromatic rings. The summed E-state index contributed by atoms with van der Waals surface area (Å²) in [6, 6.07) is 52.8. The molecule has 172 valence electrons. The molecule has 0 aliphatic rings. The van der Waals surface area contributed by atoms with Crippen molar-refractivity contribution < 1.29 is 0 Å². The summed E-state index contributed by atoms with van der Waals surface area (Å²) in [5.74, 6) is 0. The smallest absolute Gasteiger partial charge is 0.0346 e. The highest BCUT2D eigenvalue weighted by atomic mass is 14.6. The van der Waals surface area contributed by atoms with Crippen LogP contribution in [-0.2, 0) is 0 Å². The second kappa shape index (κ2) is 11.6. The minimum absolute atomic E-state index is 1.20. The lowest BCUT2D eigenvalue weighted by molar-refractivity contribution is 1.36. The van der Waals surface area contributed by atoms with E-state index in [0.29, 0.717) is 0 Å². The Kier molecular flexibility index (Phi) is 7.41. The van der Waals surface area contributed by atoms with E-state index in [1.165, 1.54) is 44.2 Å². The number of rotatable bonds is 4. The highest BCUT2D eigenvalue weighted by Gasteiger charge is 2.15. The molecule has 1 nitrogen and oxygen atoms in total. The van der Waals surface area contributed by atoms with Crippen LogP contribution in [0.3, 0.4) is 0 Å². The Hall–Kier alpha value is -4.75. The van der Waals surface area contributed by atoms with Gasteiger partial charge >= 0.3 is 0 Å². The Labute approximate surface area is 213 Å². The minimum Gasteiger partial charge on any atom is -0.264 e. The van der Waals surface area contributed by atoms with Gasteiger partial charge in [-0.05, 0) is 50.2 Å². The van der Waals surface area contributed by atoms with Gasteiger partial charge in [-0.1, -0.05) is 146 Å². The van der Waals surface area contributed by atoms with E-state index in [9.17, 15) is 0 Å². The van der Waals surface area contributed by atoms with Crippen molar-refractivity contribution in [3.8, 4) is 0 Å². The van der Waals surface area contributed by atoms with Crippen LogP contribution in [-0.4, -0.2) is 4.98 Å². The molecule has 36 heavy (non-hydrogen) atoms. The quantitative estimate of drug-likeness (QED) is 0.239. The molecule has 0 saturated carbocycles. The largest absolute Gasteiger partial charge is 0.264 e. The van der Waals surface area contributed by atoms with Gasteiger partial charge in [-0.2, -0.15) is 0 Å². The summed E-state index contributed by atoms with van der Waals surface area (Å²) in [6.07, 6.45) is 3.68. The van der Waals surface area contributed by atoms with Gasteiger partial charge in [0.25, 0.3) is 0 Å². The number of pyridine rings is 1. The molecule has 0 spiro atoms. The van der Waals surface area contributed by atoms with Crippen LogP contribution in [0.5, 0.6) is 0 Å². The second-order valence-corrected chi connectivity index (χ2v) is 8.44. The fourth-order valence-corrected chi connectivity index (χ4v) is 4.36. The van der Waals surface area contributed by atoms with E-state index in [0.717, 1.165) is 0 Å². The molecule has 0 saturated heterocycles. The first-order chi connectivity index (χ1) is 17.9. The van der Waals surface area contributed by atoms with E-state index < -0.39 is 0 Å². The van der Waals surface area contributed by atoms with Gasteiger partial charge in [0, 0.05) is 12.4 Å². The first kappa shape index (κ1) is 23.0. The molecular formula is C35H27N. The summed E-state index contributed by atoms with van der Waals surface area (Å²) in [5, 5.41) is 2.45. The zero-order valence-electron chi connectivity index (χ0n) is 20.0. The Morgan fingerprint density at radius 1 is 0.333 bits per heavy atom. The van der Waals surface area contributed by atoms with Gasteiger partial charge in [0.2, 0.25) is 0 Å². The first-order valence-corrected chi connectivity index (χ1v) is 12.1. The number of benzene rings is 5. The molecule has 1 aromatic heterocycles. The Morgan fingerprint density at radius 2 is 0.667 bits per heavy atom. The predicted octanol–water partition coefficient (Wildman–Crippen LogP) is 8.93. The average molecular weight is 462 g/mol. The first-order valence-electron chi connectivity index (χ1n) is 12.1. The number of hydrogen-bond acceptors (Lipinski definition) is 1. The van der Waals surface area contributed by atoms with Crippen LogP contribution in [0.2, 0.25) is 0 Å². The zero-order chi connectivity index (χ0) is 24.4. The third-order valence-electron chi connectivity index (χ3n) is 6.05. The van der Waals surface area contributed by atoms with Gasteiger partial charge in [-0.15, -0.1) is 0 Å². The molecule has 0 unspecified atom stereocenters. The molecule has 1 heteroatoms. The summed E-state index contributed by atoms with van der Waals surface area (Å²) in [6.45, 7) is 0. The average Bonchev–Trinajstić information content (AvgIpc) is 2.98. The van der Waals surface area contributed by atoms with Crippen LogP contribution < -0.4 is 0 Å². The maximum Gasteiger partial charge on any atom is 0.0346 e. The van der Waals surface area contributed by atoms with Crippen molar-refractivity contribution in [3.05, 3.63) is 186 Å². The van der Waals surface area contributed by atoms with Crippen molar-refractivity contribution in [3.63, 3.8) is 0 Å². The van der Waals surface area contributed by atoms with Crippen LogP contribution in [0.1, 0.15) is 22.3 Å². The number of aromatic nitrogens is 1. The van der Waals surface area contributed by atoms with Crippen molar-refractivity contribution in [1.29, 1.82) is 0 Å². The molecule has 0 aliphatic carbocycles. The van der Waals surface area contributed by atoms with Gasteiger partial charge in [-0.3, -0.25) is 4.98 Å². The van der Waals surface area contributed by atoms with E-state index >= 15 is 0 Å². The van der Waals surface area contributed by atoms with Crippen molar-refractivity contribution in [2.75, 3.05) is 0 Å². The standard InChI is InChI=1S/C26H20.C9H7N/c1-5-13-21(14-6-1)25(22-15-7-2-8-16-22)26(23-17-9-3-10-18-23)24-19-11-4-12-20-24;1-2-4-9-7-10-6-5-8(9)3-1/h1-20H;1-7H. The maximum absolute atomic E-state index is 4.01. The second-order valence-electron chi connectivity index (χ2n) is 8.44. The third-order valence-corrected chi connectivity index (χ3v) is 6.05. The fourth-order valence-electron chi connectivity index (χ4n) is 4.36. The van der Waals surface area contributed by atoms with E-state index in [1.54, 1.807) is 0 Å². The molecule has 0 aliphatic heterocycles. The highest BCUT2D eigenvalue weighted by Crippen LogP contribution is 2.36. The topological polar surface area (TPSA) is 12.9 Å². The van der Waals surface area contributed by atoms with Gasteiger partial charge < -0.3 is 0 Å². The molecule has 0 N–H and O–H groups in total. The third kappa shape index (κ3) is 5.48. The lowest BCUT2D eigenvalue weighted by atomic mass is 9.86. The van der Waals surface area contributed by atoms with Crippen molar-refractivity contribution in [2.45, 2.75) is 0 Å². The fraction of sp³-hybridized carbons (Fsp3) is 0. The number of hydrogen-bond donors (Lipinski definition) is 0. The molecular weight excluding hydrogens is 434 g/mol. The molecule has 5 aromatic carbocycles. The Bertz CT molecular complexity index is 1300. The molecule has 0 atom stereocenters. The van der Waals surface area contributed by atoms with Crippen molar-refractivity contribution in [2.24, 2.45) is 0 Å². The summed E-state index contributed by atoms with van der Waals surface area (Å²) in [7, 11) is 0. The summed E-state index contributed by atoms with van der Waals surface area (Å²) < 4.78 is 0. The molecule has 0 amide bonds. The zero-order valence-corrected chi connectivity index (χ0v) is 20.0. The number of nitrogens with zero attached hydrogens (tertiary/aromatic N) is 1. The van der Waals surface area contributed by atoms with E-state index in [4.69, 9.17) is 0 Å². The van der Waals surface area contributed by atoms with E-state index in [1.807, 2.05) is 30.6 Å². The molecule has 1 heterocycles. The van der Waals surface area contributed by atoms with Crippen LogP contribution in [0.25, 0.3) is 21.9 Å². The SMILES string of the molecule is c1ccc(C(=C(c2ccccc2)c2ccccc2)c2ccccc2)cc1.c1ccc2cnccc2c1. The summed E-state index contributed by atoms with van der Waals surface area (Å²) in [4.78, 5) is 4.01. The Morgan fingerprint density at radius 3 is 1.03 bits per heavy atom. The highest BCUT2D eigenvalue weighted by molar-refractivity contribution is 6.04. The normalized spacial score (nSPS) is 10.2. The lowest BCUT2D eigenvalue weighted by Crippen LogP contribution is -1.97. The van der Waals surface area contributed by atoms with Crippen LogP contribution in [0, 0.1) is 0 Å². The van der Waals surface area contributed by atoms with E-state index in [2.05, 4.69) is 138 Å². The Balaban J connectivity index is 0.000000222. The lowest BCUT2D eigenvalue weighted by Gasteiger charge is -2.18. The molecule has 0 bridgehead atoms. The van der Waals surface area contributed by atoms with Crippen LogP contribution in [0.15, 0.2) is 164 Å². The van der Waals surface area contributed by atoms with Crippen LogP contribution >= 0.6 is 0 Å². The van der Waals surface area contributed by atoms with Gasteiger partial charge in [-0.25, -0.2) is 0 Å². The summed E-state index contributed by atoms with van der Waals surface area (Å²) >= 11 is 0. The van der Waals surface area contributed by atoms with Crippen molar-refractivity contribution in [1.82, 2.24) is 4.98 Å². The van der Waals surface area contributed by atoms with Gasteiger partial charge in [0.1, 0.15) is 0 Å². The van der Waals surface area contributed by atoms with Gasteiger partial charge in [0.15, 0.2) is 0 Å². The predicted molar refractivity (Wildman–Crippen MR) is 153 cm³/mol. The van der Waals surface area contributed by atoms with Crippen LogP contribution in [0.4, 0.5) is 0 Å². The maximum atomic E-state index is 4.01. The number of fused-ring (bicyclic) bond motifs is 1. The van der Waals surface area contributed by atoms with Crippen molar-refractivity contribution >= 4 is 21.9 Å². The molecule has 6 rings (SSSR count). The molecule has 0 fully saturated rings. The molecule has 0 radical (unpaired) electrons.